The summed E-state index contributed by atoms with van der Waals surface area (Å²) in [6, 6.07) is 16.0. The largest absolute Gasteiger partial charge is 0.326 e. The molecule has 0 radical (unpaired) electrons. The Morgan fingerprint density at radius 2 is 1.68 bits per heavy atom. The summed E-state index contributed by atoms with van der Waals surface area (Å²) < 4.78 is 26.6. The Labute approximate surface area is 149 Å². The third kappa shape index (κ3) is 5.69. The van der Waals surface area contributed by atoms with Crippen LogP contribution in [0.2, 0.25) is 0 Å². The normalized spacial score (nSPS) is 12.6. The van der Waals surface area contributed by atoms with E-state index in [9.17, 15) is 13.2 Å². The van der Waals surface area contributed by atoms with Gasteiger partial charge in [0.05, 0.1) is 4.90 Å². The molecule has 134 valence electrons. The van der Waals surface area contributed by atoms with Crippen molar-refractivity contribution in [2.24, 2.45) is 0 Å². The van der Waals surface area contributed by atoms with Gasteiger partial charge in [-0.25, -0.2) is 13.1 Å². The lowest BCUT2D eigenvalue weighted by molar-refractivity contribution is -0.116. The molecule has 0 aromatic heterocycles. The smallest absolute Gasteiger partial charge is 0.240 e. The van der Waals surface area contributed by atoms with Crippen molar-refractivity contribution >= 4 is 21.6 Å². The number of amides is 1. The quantitative estimate of drug-likeness (QED) is 0.756. The fourth-order valence-corrected chi connectivity index (χ4v) is 3.56. The molecule has 0 bridgehead atoms. The molecule has 2 aromatic rings. The predicted octanol–water partition coefficient (Wildman–Crippen LogP) is 3.51. The maximum atomic E-state index is 12.2. The molecule has 1 amide bonds. The fourth-order valence-electron chi connectivity index (χ4n) is 2.43. The van der Waals surface area contributed by atoms with Crippen LogP contribution in [0.25, 0.3) is 0 Å². The van der Waals surface area contributed by atoms with Gasteiger partial charge in [0.2, 0.25) is 15.9 Å². The van der Waals surface area contributed by atoms with E-state index in [-0.39, 0.29) is 16.7 Å². The van der Waals surface area contributed by atoms with Crippen LogP contribution >= 0.6 is 0 Å². The minimum atomic E-state index is -3.49. The maximum Gasteiger partial charge on any atom is 0.240 e. The van der Waals surface area contributed by atoms with E-state index in [0.29, 0.717) is 18.7 Å². The highest BCUT2D eigenvalue weighted by molar-refractivity contribution is 7.89. The van der Waals surface area contributed by atoms with Crippen molar-refractivity contribution in [3.8, 4) is 0 Å². The van der Waals surface area contributed by atoms with Crippen molar-refractivity contribution in [1.82, 2.24) is 4.72 Å². The van der Waals surface area contributed by atoms with Crippen molar-refractivity contribution < 1.29 is 13.2 Å². The third-order valence-electron chi connectivity index (χ3n) is 3.85. The number of carbonyl (C=O) groups excluding carboxylic acids is 1. The van der Waals surface area contributed by atoms with Gasteiger partial charge in [-0.2, -0.15) is 0 Å². The number of hydrogen-bond acceptors (Lipinski definition) is 3. The van der Waals surface area contributed by atoms with Gasteiger partial charge in [-0.15, -0.1) is 0 Å². The molecule has 0 aliphatic rings. The number of anilines is 1. The molecular weight excluding hydrogens is 336 g/mol. The minimum Gasteiger partial charge on any atom is -0.326 e. The molecule has 0 aliphatic heterocycles. The molecule has 2 N–H and O–H groups in total. The fraction of sp³-hybridized carbons (Fsp3) is 0.316. The van der Waals surface area contributed by atoms with Gasteiger partial charge in [-0.05, 0) is 42.2 Å². The number of carbonyl (C=O) groups is 1. The monoisotopic (exact) mass is 360 g/mol. The zero-order chi connectivity index (χ0) is 18.3. The average Bonchev–Trinajstić information content (AvgIpc) is 2.61. The van der Waals surface area contributed by atoms with Crippen LogP contribution in [0.5, 0.6) is 0 Å². The van der Waals surface area contributed by atoms with Crippen molar-refractivity contribution in [2.45, 2.75) is 37.5 Å². The lowest BCUT2D eigenvalue weighted by Gasteiger charge is -2.12. The molecule has 2 aromatic carbocycles. The van der Waals surface area contributed by atoms with Crippen LogP contribution < -0.4 is 10.0 Å². The van der Waals surface area contributed by atoms with E-state index in [1.54, 1.807) is 12.1 Å². The Balaban J connectivity index is 1.95. The van der Waals surface area contributed by atoms with Gasteiger partial charge in [0, 0.05) is 18.7 Å². The molecule has 0 spiro atoms. The van der Waals surface area contributed by atoms with Crippen molar-refractivity contribution in [3.63, 3.8) is 0 Å². The first-order valence-electron chi connectivity index (χ1n) is 8.37. The summed E-state index contributed by atoms with van der Waals surface area (Å²) in [5, 5.41) is 2.81. The maximum absolute atomic E-state index is 12.2. The molecule has 0 fully saturated rings. The predicted molar refractivity (Wildman–Crippen MR) is 100 cm³/mol. The van der Waals surface area contributed by atoms with E-state index in [0.717, 1.165) is 12.0 Å². The summed E-state index contributed by atoms with van der Waals surface area (Å²) in [4.78, 5) is 12.4. The summed E-state index contributed by atoms with van der Waals surface area (Å²) in [6.45, 7) is 4.31. The first kappa shape index (κ1) is 19.1. The highest BCUT2D eigenvalue weighted by atomic mass is 32.2. The molecule has 0 saturated carbocycles. The molecule has 25 heavy (non-hydrogen) atoms. The Morgan fingerprint density at radius 1 is 1.04 bits per heavy atom. The SMILES string of the molecule is CCCNS(=O)(=O)c1ccc(NC(=O)CC(C)c2ccccc2)cc1. The number of hydrogen-bond donors (Lipinski definition) is 2. The molecular formula is C19H24N2O3S. The van der Waals surface area contributed by atoms with Crippen LogP contribution in [0.3, 0.4) is 0 Å². The molecule has 0 saturated heterocycles. The van der Waals surface area contributed by atoms with Crippen LogP contribution in [0.4, 0.5) is 5.69 Å². The first-order chi connectivity index (χ1) is 11.9. The standard InChI is InChI=1S/C19H24N2O3S/c1-3-13-20-25(23,24)18-11-9-17(10-12-18)21-19(22)14-15(2)16-7-5-4-6-8-16/h4-12,15,20H,3,13-14H2,1-2H3,(H,21,22). The molecule has 0 heterocycles. The van der Waals surface area contributed by atoms with E-state index >= 15 is 0 Å². The second-order valence-electron chi connectivity index (χ2n) is 5.99. The second kappa shape index (κ2) is 8.78. The van der Waals surface area contributed by atoms with Crippen LogP contribution in [0.15, 0.2) is 59.5 Å². The number of benzene rings is 2. The summed E-state index contributed by atoms with van der Waals surface area (Å²) in [5.41, 5.74) is 1.70. The minimum absolute atomic E-state index is 0.101. The van der Waals surface area contributed by atoms with Gasteiger partial charge in [-0.3, -0.25) is 4.79 Å². The van der Waals surface area contributed by atoms with Crippen molar-refractivity contribution in [2.75, 3.05) is 11.9 Å². The van der Waals surface area contributed by atoms with E-state index in [1.165, 1.54) is 12.1 Å². The second-order valence-corrected chi connectivity index (χ2v) is 7.75. The molecule has 1 unspecified atom stereocenters. The van der Waals surface area contributed by atoms with Crippen LogP contribution in [-0.4, -0.2) is 20.9 Å². The highest BCUT2D eigenvalue weighted by Gasteiger charge is 2.14. The molecule has 0 aliphatic carbocycles. The Hall–Kier alpha value is -2.18. The first-order valence-corrected chi connectivity index (χ1v) is 9.85. The third-order valence-corrected chi connectivity index (χ3v) is 5.33. The Morgan fingerprint density at radius 3 is 2.28 bits per heavy atom. The highest BCUT2D eigenvalue weighted by Crippen LogP contribution is 2.20. The van der Waals surface area contributed by atoms with E-state index < -0.39 is 10.0 Å². The number of nitrogens with one attached hydrogen (secondary N) is 2. The van der Waals surface area contributed by atoms with Gasteiger partial charge in [0.25, 0.3) is 0 Å². The van der Waals surface area contributed by atoms with Gasteiger partial charge >= 0.3 is 0 Å². The zero-order valence-corrected chi connectivity index (χ0v) is 15.3. The summed E-state index contributed by atoms with van der Waals surface area (Å²) in [6.07, 6.45) is 1.09. The number of sulfonamides is 1. The molecule has 2 rings (SSSR count). The molecule has 1 atom stereocenters. The number of rotatable bonds is 8. The van der Waals surface area contributed by atoms with Gasteiger partial charge in [0.15, 0.2) is 0 Å². The van der Waals surface area contributed by atoms with Gasteiger partial charge < -0.3 is 5.32 Å². The average molecular weight is 360 g/mol. The Bertz CT molecular complexity index is 787. The van der Waals surface area contributed by atoms with Gasteiger partial charge in [-0.1, -0.05) is 44.2 Å². The molecule has 6 heteroatoms. The summed E-state index contributed by atoms with van der Waals surface area (Å²) in [5.74, 6) is 0.00941. The topological polar surface area (TPSA) is 75.3 Å². The van der Waals surface area contributed by atoms with Crippen molar-refractivity contribution in [1.29, 1.82) is 0 Å². The van der Waals surface area contributed by atoms with Crippen LogP contribution in [-0.2, 0) is 14.8 Å². The zero-order valence-electron chi connectivity index (χ0n) is 14.5. The van der Waals surface area contributed by atoms with Crippen LogP contribution in [0, 0.1) is 0 Å². The summed E-state index contributed by atoms with van der Waals surface area (Å²) >= 11 is 0. The van der Waals surface area contributed by atoms with E-state index in [4.69, 9.17) is 0 Å². The summed E-state index contributed by atoms with van der Waals surface area (Å²) in [7, 11) is -3.49. The van der Waals surface area contributed by atoms with Gasteiger partial charge in [0.1, 0.15) is 0 Å². The van der Waals surface area contributed by atoms with Crippen molar-refractivity contribution in [3.05, 3.63) is 60.2 Å². The van der Waals surface area contributed by atoms with E-state index in [2.05, 4.69) is 10.0 Å². The lowest BCUT2D eigenvalue weighted by Crippen LogP contribution is -2.24. The molecule has 5 nitrogen and oxygen atoms in total. The van der Waals surface area contributed by atoms with E-state index in [1.807, 2.05) is 44.2 Å². The Kier molecular flexibility index (Phi) is 6.73. The lowest BCUT2D eigenvalue weighted by atomic mass is 9.97. The van der Waals surface area contributed by atoms with Crippen LogP contribution in [0.1, 0.15) is 38.2 Å².